The Balaban J connectivity index is 1.50. The molecule has 166 valence electrons. The predicted molar refractivity (Wildman–Crippen MR) is 121 cm³/mol. The second kappa shape index (κ2) is 10.2. The molecule has 0 bridgehead atoms. The molecule has 32 heavy (non-hydrogen) atoms. The lowest BCUT2D eigenvalue weighted by molar-refractivity contribution is -0.121. The molecule has 0 aliphatic heterocycles. The first-order chi connectivity index (χ1) is 15.3. The molecule has 0 saturated heterocycles. The Kier molecular flexibility index (Phi) is 7.38. The van der Waals surface area contributed by atoms with E-state index in [1.165, 1.54) is 28.9 Å². The van der Waals surface area contributed by atoms with E-state index >= 15 is 0 Å². The van der Waals surface area contributed by atoms with Crippen LogP contribution in [-0.2, 0) is 11.2 Å². The van der Waals surface area contributed by atoms with Crippen LogP contribution in [0.5, 0.6) is 0 Å². The van der Waals surface area contributed by atoms with Crippen LogP contribution in [0.2, 0.25) is 0 Å². The standard InChI is InChI=1S/C23H24FN5O2S/c1-14-12-18(15(2)32-14)21(30)9-10-22(31)27-11-3-4-20-19(13-25)23(26)29(28-20)17-7-5-16(24)6-8-17/h5-8,12H,3-4,9-11,26H2,1-2H3,(H,27,31). The first-order valence-corrected chi connectivity index (χ1v) is 11.0. The number of rotatable bonds is 9. The summed E-state index contributed by atoms with van der Waals surface area (Å²) < 4.78 is 14.6. The number of thiophene rings is 1. The van der Waals surface area contributed by atoms with Crippen LogP contribution >= 0.6 is 11.3 Å². The number of halogens is 1. The van der Waals surface area contributed by atoms with Crippen LogP contribution in [0.15, 0.2) is 30.3 Å². The van der Waals surface area contributed by atoms with Gasteiger partial charge in [-0.1, -0.05) is 0 Å². The SMILES string of the molecule is Cc1cc(C(=O)CCC(=O)NCCCc2nn(-c3ccc(F)cc3)c(N)c2C#N)c(C)s1. The summed E-state index contributed by atoms with van der Waals surface area (Å²) in [5, 5.41) is 16.6. The van der Waals surface area contributed by atoms with Gasteiger partial charge in [-0.25, -0.2) is 9.07 Å². The van der Waals surface area contributed by atoms with E-state index in [0.29, 0.717) is 36.3 Å². The molecule has 0 aliphatic rings. The molecular formula is C23H24FN5O2S. The van der Waals surface area contributed by atoms with Gasteiger partial charge in [-0.15, -0.1) is 11.3 Å². The Hall–Kier alpha value is -3.51. The minimum absolute atomic E-state index is 0.0255. The van der Waals surface area contributed by atoms with Gasteiger partial charge in [0.15, 0.2) is 5.78 Å². The first kappa shape index (κ1) is 23.2. The van der Waals surface area contributed by atoms with E-state index in [1.54, 1.807) is 11.3 Å². The molecule has 0 spiro atoms. The molecule has 3 N–H and O–H groups in total. The topological polar surface area (TPSA) is 114 Å². The molecule has 2 heterocycles. The fraction of sp³-hybridized carbons (Fsp3) is 0.304. The van der Waals surface area contributed by atoms with Crippen LogP contribution < -0.4 is 11.1 Å². The number of aryl methyl sites for hydroxylation is 3. The molecule has 9 heteroatoms. The maximum Gasteiger partial charge on any atom is 0.220 e. The monoisotopic (exact) mass is 453 g/mol. The normalized spacial score (nSPS) is 10.7. The van der Waals surface area contributed by atoms with Crippen LogP contribution in [0.25, 0.3) is 5.69 Å². The average Bonchev–Trinajstić information content (AvgIpc) is 3.27. The number of benzene rings is 1. The van der Waals surface area contributed by atoms with Gasteiger partial charge in [-0.3, -0.25) is 9.59 Å². The van der Waals surface area contributed by atoms with Crippen molar-refractivity contribution >= 4 is 28.8 Å². The number of nitrogens with one attached hydrogen (secondary N) is 1. The molecule has 0 fully saturated rings. The maximum absolute atomic E-state index is 13.2. The number of amides is 1. The Morgan fingerprint density at radius 2 is 1.97 bits per heavy atom. The van der Waals surface area contributed by atoms with Gasteiger partial charge < -0.3 is 11.1 Å². The van der Waals surface area contributed by atoms with Crippen molar-refractivity contribution < 1.29 is 14.0 Å². The van der Waals surface area contributed by atoms with Crippen LogP contribution in [0.1, 0.15) is 50.6 Å². The van der Waals surface area contributed by atoms with E-state index < -0.39 is 0 Å². The predicted octanol–water partition coefficient (Wildman–Crippen LogP) is 3.86. The number of Topliss-reactive ketones (excluding diaryl/α,β-unsaturated/α-hetero) is 1. The Bertz CT molecular complexity index is 1170. The van der Waals surface area contributed by atoms with Gasteiger partial charge in [0.25, 0.3) is 0 Å². The van der Waals surface area contributed by atoms with Crippen molar-refractivity contribution in [2.24, 2.45) is 0 Å². The van der Waals surface area contributed by atoms with Gasteiger partial charge in [0, 0.05) is 34.7 Å². The highest BCUT2D eigenvalue weighted by molar-refractivity contribution is 7.12. The maximum atomic E-state index is 13.2. The Morgan fingerprint density at radius 1 is 1.25 bits per heavy atom. The molecule has 0 atom stereocenters. The molecule has 7 nitrogen and oxygen atoms in total. The molecule has 0 saturated carbocycles. The summed E-state index contributed by atoms with van der Waals surface area (Å²) in [6.45, 7) is 4.25. The number of nitrogen functional groups attached to an aromatic ring is 1. The van der Waals surface area contributed by atoms with Crippen LogP contribution in [-0.4, -0.2) is 28.0 Å². The molecule has 0 unspecified atom stereocenters. The van der Waals surface area contributed by atoms with Crippen LogP contribution in [0.3, 0.4) is 0 Å². The van der Waals surface area contributed by atoms with E-state index in [4.69, 9.17) is 5.73 Å². The lowest BCUT2D eigenvalue weighted by Crippen LogP contribution is -2.25. The van der Waals surface area contributed by atoms with E-state index in [2.05, 4.69) is 16.5 Å². The number of carbonyl (C=O) groups is 2. The van der Waals surface area contributed by atoms with Gasteiger partial charge in [0.05, 0.1) is 11.4 Å². The van der Waals surface area contributed by atoms with Gasteiger partial charge >= 0.3 is 0 Å². The minimum atomic E-state index is -0.377. The quantitative estimate of drug-likeness (QED) is 0.377. The molecule has 3 rings (SSSR count). The zero-order valence-electron chi connectivity index (χ0n) is 17.9. The summed E-state index contributed by atoms with van der Waals surface area (Å²) in [6.07, 6.45) is 1.29. The number of hydrogen-bond acceptors (Lipinski definition) is 6. The highest BCUT2D eigenvalue weighted by Gasteiger charge is 2.17. The largest absolute Gasteiger partial charge is 0.382 e. The summed E-state index contributed by atoms with van der Waals surface area (Å²) in [5.41, 5.74) is 8.08. The van der Waals surface area contributed by atoms with Crippen molar-refractivity contribution in [3.63, 3.8) is 0 Å². The van der Waals surface area contributed by atoms with Crippen molar-refractivity contribution in [3.05, 3.63) is 62.7 Å². The van der Waals surface area contributed by atoms with Gasteiger partial charge in [-0.05, 0) is 57.0 Å². The Morgan fingerprint density at radius 3 is 2.59 bits per heavy atom. The van der Waals surface area contributed by atoms with E-state index in [0.717, 1.165) is 9.75 Å². The summed E-state index contributed by atoms with van der Waals surface area (Å²) in [5.74, 6) is -0.406. The zero-order valence-corrected chi connectivity index (χ0v) is 18.8. The fourth-order valence-electron chi connectivity index (χ4n) is 3.40. The number of nitrogens with zero attached hydrogens (tertiary/aromatic N) is 3. The second-order valence-electron chi connectivity index (χ2n) is 7.41. The first-order valence-electron chi connectivity index (χ1n) is 10.2. The molecule has 3 aromatic rings. The third kappa shape index (κ3) is 5.39. The van der Waals surface area contributed by atoms with Gasteiger partial charge in [0.2, 0.25) is 5.91 Å². The van der Waals surface area contributed by atoms with E-state index in [1.807, 2.05) is 19.9 Å². The molecule has 1 aromatic carbocycles. The summed E-state index contributed by atoms with van der Waals surface area (Å²) >= 11 is 1.57. The van der Waals surface area contributed by atoms with Gasteiger partial charge in [0.1, 0.15) is 23.3 Å². The average molecular weight is 454 g/mol. The molecule has 1 amide bonds. The number of nitrogens with two attached hydrogens (primary N) is 1. The smallest absolute Gasteiger partial charge is 0.220 e. The van der Waals surface area contributed by atoms with Crippen molar-refractivity contribution in [2.75, 3.05) is 12.3 Å². The number of ketones is 1. The molecule has 2 aromatic heterocycles. The van der Waals surface area contributed by atoms with E-state index in [-0.39, 0.29) is 41.7 Å². The van der Waals surface area contributed by atoms with Crippen molar-refractivity contribution in [3.8, 4) is 11.8 Å². The van der Waals surface area contributed by atoms with E-state index in [9.17, 15) is 19.2 Å². The van der Waals surface area contributed by atoms with Crippen LogP contribution in [0, 0.1) is 31.0 Å². The number of carbonyl (C=O) groups excluding carboxylic acids is 2. The summed E-state index contributed by atoms with van der Waals surface area (Å²) in [6, 6.07) is 9.58. The Labute approximate surface area is 189 Å². The molecule has 0 aliphatic carbocycles. The van der Waals surface area contributed by atoms with Crippen LogP contribution in [0.4, 0.5) is 10.2 Å². The molecule has 0 radical (unpaired) electrons. The number of nitriles is 1. The third-order valence-electron chi connectivity index (χ3n) is 5.01. The van der Waals surface area contributed by atoms with Crippen molar-refractivity contribution in [2.45, 2.75) is 39.5 Å². The summed E-state index contributed by atoms with van der Waals surface area (Å²) in [7, 11) is 0. The fourth-order valence-corrected chi connectivity index (χ4v) is 4.34. The number of aromatic nitrogens is 2. The highest BCUT2D eigenvalue weighted by atomic mass is 32.1. The number of anilines is 1. The zero-order chi connectivity index (χ0) is 23.3. The third-order valence-corrected chi connectivity index (χ3v) is 5.98. The number of hydrogen-bond donors (Lipinski definition) is 2. The van der Waals surface area contributed by atoms with Crippen molar-refractivity contribution in [1.29, 1.82) is 5.26 Å². The highest BCUT2D eigenvalue weighted by Crippen LogP contribution is 2.23. The van der Waals surface area contributed by atoms with Gasteiger partial charge in [-0.2, -0.15) is 10.4 Å². The lowest BCUT2D eigenvalue weighted by atomic mass is 10.1. The van der Waals surface area contributed by atoms with Crippen molar-refractivity contribution in [1.82, 2.24) is 15.1 Å². The summed E-state index contributed by atoms with van der Waals surface area (Å²) in [4.78, 5) is 26.4. The lowest BCUT2D eigenvalue weighted by Gasteiger charge is -2.05. The molecular weight excluding hydrogens is 429 g/mol. The minimum Gasteiger partial charge on any atom is -0.382 e. The second-order valence-corrected chi connectivity index (χ2v) is 8.87.